The van der Waals surface area contributed by atoms with Gasteiger partial charge >= 0.3 is 12.3 Å². The van der Waals surface area contributed by atoms with Gasteiger partial charge in [-0.3, -0.25) is 0 Å². The summed E-state index contributed by atoms with van der Waals surface area (Å²) in [5.74, 6) is -0.321. The van der Waals surface area contributed by atoms with E-state index in [1.807, 2.05) is 0 Å². The molecule has 10 heteroatoms. The van der Waals surface area contributed by atoms with Crippen LogP contribution in [0.25, 0.3) is 11.3 Å². The number of halogens is 4. The number of rotatable bonds is 3. The predicted molar refractivity (Wildman–Crippen MR) is 88.2 cm³/mol. The van der Waals surface area contributed by atoms with Crippen molar-refractivity contribution in [2.24, 2.45) is 10.7 Å². The first-order valence-electron chi connectivity index (χ1n) is 7.41. The Morgan fingerprint density at radius 1 is 1.27 bits per heavy atom. The molecule has 3 N–H and O–H groups in total. The fourth-order valence-corrected chi connectivity index (χ4v) is 3.07. The van der Waals surface area contributed by atoms with Crippen molar-refractivity contribution in [3.05, 3.63) is 46.9 Å². The molecule has 1 aromatic heterocycles. The molecule has 6 nitrogen and oxygen atoms in total. The molecule has 0 atom stereocenters. The van der Waals surface area contributed by atoms with Gasteiger partial charge < -0.3 is 10.8 Å². The van der Waals surface area contributed by atoms with Crippen molar-refractivity contribution in [3.63, 3.8) is 0 Å². The molecule has 1 aliphatic rings. The van der Waals surface area contributed by atoms with E-state index in [1.165, 1.54) is 24.3 Å². The molecule has 0 aliphatic heterocycles. The molecule has 136 valence electrons. The van der Waals surface area contributed by atoms with E-state index in [1.54, 1.807) is 0 Å². The smallest absolute Gasteiger partial charge is 0.433 e. The summed E-state index contributed by atoms with van der Waals surface area (Å²) in [5, 5.41) is 8.62. The van der Waals surface area contributed by atoms with Crippen LogP contribution < -0.4 is 5.73 Å². The summed E-state index contributed by atoms with van der Waals surface area (Å²) in [6.45, 7) is 0. The molecule has 1 fully saturated rings. The summed E-state index contributed by atoms with van der Waals surface area (Å²) in [6, 6.07) is 5.58. The van der Waals surface area contributed by atoms with Crippen molar-refractivity contribution in [1.82, 2.24) is 9.97 Å². The Kier molecular flexibility index (Phi) is 4.35. The van der Waals surface area contributed by atoms with Crippen LogP contribution in [0.3, 0.4) is 0 Å². The summed E-state index contributed by atoms with van der Waals surface area (Å²) >= 11 is 6.11. The lowest BCUT2D eigenvalue weighted by Gasteiger charge is -2.21. The lowest BCUT2D eigenvalue weighted by Crippen LogP contribution is -2.28. The van der Waals surface area contributed by atoms with Gasteiger partial charge in [0.25, 0.3) is 0 Å². The highest BCUT2D eigenvalue weighted by Crippen LogP contribution is 2.60. The number of hydrogen-bond acceptors (Lipinski definition) is 3. The number of amidine groups is 1. The molecule has 0 saturated heterocycles. The zero-order chi connectivity index (χ0) is 19.1. The first-order valence-corrected chi connectivity index (χ1v) is 7.78. The highest BCUT2D eigenvalue weighted by Gasteiger charge is 2.64. The van der Waals surface area contributed by atoms with Crippen molar-refractivity contribution < 1.29 is 23.1 Å². The van der Waals surface area contributed by atoms with Crippen LogP contribution in [0, 0.1) is 0 Å². The van der Waals surface area contributed by atoms with Gasteiger partial charge in [0, 0.05) is 10.6 Å². The molecule has 0 bridgehead atoms. The van der Waals surface area contributed by atoms with E-state index in [2.05, 4.69) is 15.0 Å². The summed E-state index contributed by atoms with van der Waals surface area (Å²) in [4.78, 5) is 21.6. The topological polar surface area (TPSA) is 101 Å². The minimum absolute atomic E-state index is 0.00933. The molecule has 1 heterocycles. The minimum Gasteiger partial charge on any atom is -0.463 e. The van der Waals surface area contributed by atoms with Gasteiger partial charge in [-0.25, -0.2) is 14.8 Å². The maximum absolute atomic E-state index is 13.3. The second-order valence-electron chi connectivity index (χ2n) is 5.84. The second-order valence-corrected chi connectivity index (χ2v) is 6.25. The van der Waals surface area contributed by atoms with Crippen LogP contribution >= 0.6 is 11.6 Å². The highest BCUT2D eigenvalue weighted by atomic mass is 35.5. The molecule has 1 aromatic carbocycles. The van der Waals surface area contributed by atoms with E-state index < -0.39 is 17.7 Å². The minimum atomic E-state index is -4.36. The quantitative estimate of drug-likeness (QED) is 0.619. The van der Waals surface area contributed by atoms with E-state index in [9.17, 15) is 18.0 Å². The van der Waals surface area contributed by atoms with Crippen LogP contribution in [-0.2, 0) is 5.41 Å². The maximum Gasteiger partial charge on any atom is 0.433 e. The first-order chi connectivity index (χ1) is 12.1. The van der Waals surface area contributed by atoms with Gasteiger partial charge in [0.2, 0.25) is 0 Å². The number of aromatic nitrogens is 2. The third kappa shape index (κ3) is 3.22. The van der Waals surface area contributed by atoms with Gasteiger partial charge in [-0.05, 0) is 30.5 Å². The van der Waals surface area contributed by atoms with Crippen LogP contribution in [0.2, 0.25) is 5.02 Å². The third-order valence-electron chi connectivity index (χ3n) is 4.22. The molecular formula is C16H12ClF3N4O2. The Balaban J connectivity index is 1.97. The second kappa shape index (κ2) is 6.24. The molecule has 3 rings (SSSR count). The van der Waals surface area contributed by atoms with Crippen molar-refractivity contribution in [2.45, 2.75) is 24.4 Å². The number of benzene rings is 1. The van der Waals surface area contributed by atoms with Gasteiger partial charge in [-0.15, -0.1) is 0 Å². The monoisotopic (exact) mass is 384 g/mol. The lowest BCUT2D eigenvalue weighted by molar-refractivity contribution is -0.160. The number of amides is 1. The standard InChI is InChI=1S/C16H12ClF3N4O2/c17-10-5-8(1-2-9(10)15(3-4-15)16(18,19)20)11-6-12(23-7-22-11)13(21)24-14(25)26/h1-2,5-7H,3-4H2,(H2,21,24)(H,25,26). The Hall–Kier alpha value is -2.68. The molecule has 1 amide bonds. The number of carbonyl (C=O) groups is 1. The Labute approximate surface area is 150 Å². The van der Waals surface area contributed by atoms with Crippen LogP contribution in [0.5, 0.6) is 0 Å². The zero-order valence-electron chi connectivity index (χ0n) is 13.1. The Bertz CT molecular complexity index is 911. The summed E-state index contributed by atoms with van der Waals surface area (Å²) < 4.78 is 39.8. The highest BCUT2D eigenvalue weighted by molar-refractivity contribution is 6.31. The van der Waals surface area contributed by atoms with E-state index in [0.717, 1.165) is 6.33 Å². The average molecular weight is 385 g/mol. The van der Waals surface area contributed by atoms with Crippen LogP contribution in [0.15, 0.2) is 35.6 Å². The van der Waals surface area contributed by atoms with Gasteiger partial charge in [0.1, 0.15) is 12.0 Å². The van der Waals surface area contributed by atoms with Gasteiger partial charge in [-0.1, -0.05) is 23.7 Å². The van der Waals surface area contributed by atoms with Gasteiger partial charge in [-0.2, -0.15) is 18.2 Å². The molecule has 1 saturated carbocycles. The largest absolute Gasteiger partial charge is 0.463 e. The lowest BCUT2D eigenvalue weighted by atomic mass is 9.93. The Morgan fingerprint density at radius 2 is 1.96 bits per heavy atom. The van der Waals surface area contributed by atoms with Crippen molar-refractivity contribution in [3.8, 4) is 11.3 Å². The van der Waals surface area contributed by atoms with Crippen LogP contribution in [0.1, 0.15) is 24.1 Å². The Morgan fingerprint density at radius 3 is 2.50 bits per heavy atom. The fraction of sp³-hybridized carbons (Fsp3) is 0.250. The van der Waals surface area contributed by atoms with Crippen molar-refractivity contribution in [2.75, 3.05) is 0 Å². The molecule has 1 aliphatic carbocycles. The summed E-state index contributed by atoms with van der Waals surface area (Å²) in [5.41, 5.74) is 4.55. The van der Waals surface area contributed by atoms with Gasteiger partial charge in [0.05, 0.1) is 11.1 Å². The van der Waals surface area contributed by atoms with Crippen molar-refractivity contribution >= 4 is 23.5 Å². The summed E-state index contributed by atoms with van der Waals surface area (Å²) in [6.07, 6.45) is -4.67. The number of carboxylic acid groups (broad SMARTS) is 1. The maximum atomic E-state index is 13.3. The number of aliphatic imine (C=N–C) groups is 1. The number of hydrogen-bond donors (Lipinski definition) is 2. The number of nitrogens with zero attached hydrogens (tertiary/aromatic N) is 3. The fourth-order valence-electron chi connectivity index (χ4n) is 2.71. The molecule has 0 radical (unpaired) electrons. The molecule has 0 spiro atoms. The van der Waals surface area contributed by atoms with E-state index in [4.69, 9.17) is 22.4 Å². The third-order valence-corrected chi connectivity index (χ3v) is 4.53. The summed E-state index contributed by atoms with van der Waals surface area (Å²) in [7, 11) is 0. The van der Waals surface area contributed by atoms with E-state index in [-0.39, 0.29) is 35.0 Å². The molecule has 26 heavy (non-hydrogen) atoms. The molecule has 2 aromatic rings. The van der Waals surface area contributed by atoms with Crippen LogP contribution in [-0.4, -0.2) is 33.2 Å². The predicted octanol–water partition coefficient (Wildman–Crippen LogP) is 3.77. The number of alkyl halides is 3. The van der Waals surface area contributed by atoms with E-state index in [0.29, 0.717) is 11.3 Å². The van der Waals surface area contributed by atoms with E-state index >= 15 is 0 Å². The molecule has 0 unspecified atom stereocenters. The normalized spacial score (nSPS) is 16.4. The first kappa shape index (κ1) is 18.1. The SMILES string of the molecule is NC(=NC(=O)O)c1cc(-c2ccc(C3(C(F)(F)F)CC3)c(Cl)c2)ncn1. The van der Waals surface area contributed by atoms with Gasteiger partial charge in [0.15, 0.2) is 5.84 Å². The molecular weight excluding hydrogens is 373 g/mol. The average Bonchev–Trinajstić information content (AvgIpc) is 3.35. The van der Waals surface area contributed by atoms with Crippen LogP contribution in [0.4, 0.5) is 18.0 Å². The van der Waals surface area contributed by atoms with Crippen molar-refractivity contribution in [1.29, 1.82) is 0 Å². The number of nitrogens with two attached hydrogens (primary N) is 1. The zero-order valence-corrected chi connectivity index (χ0v) is 13.8.